The molecule has 1 aromatic heterocycles. The van der Waals surface area contributed by atoms with E-state index in [1.807, 2.05) is 6.08 Å². The van der Waals surface area contributed by atoms with Crippen molar-refractivity contribution >= 4 is 23.1 Å². The number of aromatic amines is 1. The van der Waals surface area contributed by atoms with Crippen LogP contribution in [0.1, 0.15) is 48.4 Å². The van der Waals surface area contributed by atoms with Crippen LogP contribution >= 0.6 is 11.6 Å². The molecule has 1 aliphatic carbocycles. The average Bonchev–Trinajstić information content (AvgIpc) is 3.38. The Morgan fingerprint density at radius 2 is 1.80 bits per heavy atom. The highest BCUT2D eigenvalue weighted by Crippen LogP contribution is 2.40. The van der Waals surface area contributed by atoms with Crippen LogP contribution in [0.4, 0.5) is 0 Å². The second-order valence-corrected chi connectivity index (χ2v) is 7.15. The summed E-state index contributed by atoms with van der Waals surface area (Å²) in [5.41, 5.74) is 3.68. The third kappa shape index (κ3) is 3.54. The van der Waals surface area contributed by atoms with Gasteiger partial charge >= 0.3 is 0 Å². The number of hydrogen-bond donors (Lipinski definition) is 2. The standard InChI is InChI=1S/C20H19ClN2O2/c21-17-8-9-18(23-20(17)25)16(11-15-7-10-19(24)22-15)14-5-3-13(4-6-14)12-1-2-12/h3-6,8-9,11-12,15H,1-2,7,10H2,(H,22,24)(H,23,25)/b16-11-/t15-/m1/s1. The molecular formula is C20H19ClN2O2. The first-order chi connectivity index (χ1) is 12.1. The van der Waals surface area contributed by atoms with E-state index in [1.54, 1.807) is 12.1 Å². The minimum atomic E-state index is -0.310. The van der Waals surface area contributed by atoms with Gasteiger partial charge in [-0.2, -0.15) is 0 Å². The molecule has 4 nitrogen and oxygen atoms in total. The molecule has 2 aliphatic rings. The van der Waals surface area contributed by atoms with E-state index < -0.39 is 0 Å². The molecule has 2 aromatic rings. The molecule has 1 saturated heterocycles. The Hall–Kier alpha value is -2.33. The van der Waals surface area contributed by atoms with Crippen molar-refractivity contribution in [3.63, 3.8) is 0 Å². The fraction of sp³-hybridized carbons (Fsp3) is 0.300. The van der Waals surface area contributed by atoms with Crippen LogP contribution in [0, 0.1) is 0 Å². The molecule has 2 fully saturated rings. The number of aromatic nitrogens is 1. The summed E-state index contributed by atoms with van der Waals surface area (Å²) < 4.78 is 0. The first-order valence-corrected chi connectivity index (χ1v) is 8.98. The molecule has 1 atom stereocenters. The lowest BCUT2D eigenvalue weighted by Gasteiger charge is -2.13. The van der Waals surface area contributed by atoms with Crippen molar-refractivity contribution in [1.82, 2.24) is 10.3 Å². The molecule has 128 valence electrons. The van der Waals surface area contributed by atoms with Crippen LogP contribution in [-0.2, 0) is 4.79 Å². The molecule has 2 N–H and O–H groups in total. The lowest BCUT2D eigenvalue weighted by Crippen LogP contribution is -2.23. The maximum Gasteiger partial charge on any atom is 0.267 e. The molecule has 2 heterocycles. The average molecular weight is 355 g/mol. The molecule has 5 heteroatoms. The first-order valence-electron chi connectivity index (χ1n) is 8.61. The van der Waals surface area contributed by atoms with Gasteiger partial charge in [-0.1, -0.05) is 41.9 Å². The van der Waals surface area contributed by atoms with Gasteiger partial charge in [0.2, 0.25) is 5.91 Å². The van der Waals surface area contributed by atoms with Gasteiger partial charge in [0.1, 0.15) is 5.02 Å². The molecule has 0 unspecified atom stereocenters. The van der Waals surface area contributed by atoms with E-state index in [9.17, 15) is 9.59 Å². The van der Waals surface area contributed by atoms with Gasteiger partial charge in [-0.15, -0.1) is 0 Å². The van der Waals surface area contributed by atoms with Gasteiger partial charge < -0.3 is 10.3 Å². The van der Waals surface area contributed by atoms with Gasteiger partial charge in [-0.05, 0) is 48.4 Å². The molecule has 1 aromatic carbocycles. The fourth-order valence-corrected chi connectivity index (χ4v) is 3.38. The second-order valence-electron chi connectivity index (χ2n) is 6.74. The maximum atomic E-state index is 11.9. The smallest absolute Gasteiger partial charge is 0.267 e. The van der Waals surface area contributed by atoms with Gasteiger partial charge in [0.25, 0.3) is 5.56 Å². The summed E-state index contributed by atoms with van der Waals surface area (Å²) in [5, 5.41) is 3.12. The van der Waals surface area contributed by atoms with Crippen LogP contribution in [0.25, 0.3) is 5.57 Å². The highest BCUT2D eigenvalue weighted by atomic mass is 35.5. The summed E-state index contributed by atoms with van der Waals surface area (Å²) in [6.45, 7) is 0. The molecule has 1 aliphatic heterocycles. The molecule has 1 amide bonds. The van der Waals surface area contributed by atoms with Gasteiger partial charge in [0, 0.05) is 23.7 Å². The summed E-state index contributed by atoms with van der Waals surface area (Å²) in [6.07, 6.45) is 5.85. The number of benzene rings is 1. The Morgan fingerprint density at radius 3 is 2.40 bits per heavy atom. The van der Waals surface area contributed by atoms with Crippen LogP contribution in [0.15, 0.2) is 47.3 Å². The van der Waals surface area contributed by atoms with Crippen LogP contribution in [0.2, 0.25) is 5.02 Å². The summed E-state index contributed by atoms with van der Waals surface area (Å²) in [6, 6.07) is 11.9. The minimum Gasteiger partial charge on any atom is -0.350 e. The molecule has 0 bridgehead atoms. The first kappa shape index (κ1) is 16.2. The zero-order chi connectivity index (χ0) is 17.4. The van der Waals surface area contributed by atoms with Crippen LogP contribution in [0.3, 0.4) is 0 Å². The molecule has 0 radical (unpaired) electrons. The topological polar surface area (TPSA) is 62.0 Å². The normalized spacial score (nSPS) is 20.6. The molecular weight excluding hydrogens is 336 g/mol. The van der Waals surface area contributed by atoms with Crippen LogP contribution < -0.4 is 10.9 Å². The predicted octanol–water partition coefficient (Wildman–Crippen LogP) is 3.62. The lowest BCUT2D eigenvalue weighted by molar-refractivity contribution is -0.119. The quantitative estimate of drug-likeness (QED) is 0.881. The number of pyridine rings is 1. The van der Waals surface area contributed by atoms with Gasteiger partial charge in [-0.3, -0.25) is 9.59 Å². The SMILES string of the molecule is O=C1CC[C@H](/C=C(/c2ccc(C3CC3)cc2)c2ccc(Cl)c(=O)[nH]2)N1. The highest BCUT2D eigenvalue weighted by Gasteiger charge is 2.24. The van der Waals surface area contributed by atoms with E-state index >= 15 is 0 Å². The van der Waals surface area contributed by atoms with Crippen molar-refractivity contribution in [3.05, 3.63) is 74.7 Å². The van der Waals surface area contributed by atoms with Crippen molar-refractivity contribution in [2.75, 3.05) is 0 Å². The van der Waals surface area contributed by atoms with E-state index in [0.717, 1.165) is 17.6 Å². The third-order valence-corrected chi connectivity index (χ3v) is 5.12. The van der Waals surface area contributed by atoms with E-state index in [1.165, 1.54) is 18.4 Å². The number of H-pyrrole nitrogens is 1. The van der Waals surface area contributed by atoms with Gasteiger partial charge in [0.15, 0.2) is 0 Å². The van der Waals surface area contributed by atoms with E-state index in [0.29, 0.717) is 18.0 Å². The Bertz CT molecular complexity index is 895. The van der Waals surface area contributed by atoms with Crippen molar-refractivity contribution < 1.29 is 4.79 Å². The zero-order valence-corrected chi connectivity index (χ0v) is 14.5. The Balaban J connectivity index is 1.74. The molecule has 25 heavy (non-hydrogen) atoms. The highest BCUT2D eigenvalue weighted by molar-refractivity contribution is 6.30. The Kier molecular flexibility index (Phi) is 4.22. The number of carbonyl (C=O) groups is 1. The van der Waals surface area contributed by atoms with Crippen molar-refractivity contribution in [2.45, 2.75) is 37.6 Å². The number of nitrogens with one attached hydrogen (secondary N) is 2. The largest absolute Gasteiger partial charge is 0.350 e. The summed E-state index contributed by atoms with van der Waals surface area (Å²) >= 11 is 5.86. The van der Waals surface area contributed by atoms with Crippen molar-refractivity contribution in [3.8, 4) is 0 Å². The van der Waals surface area contributed by atoms with Crippen LogP contribution in [0.5, 0.6) is 0 Å². The van der Waals surface area contributed by atoms with E-state index in [-0.39, 0.29) is 22.5 Å². The minimum absolute atomic E-state index is 0.0233. The number of amides is 1. The number of carbonyl (C=O) groups excluding carboxylic acids is 1. The molecule has 4 rings (SSSR count). The fourth-order valence-electron chi connectivity index (χ4n) is 3.27. The lowest BCUT2D eigenvalue weighted by atomic mass is 9.97. The summed E-state index contributed by atoms with van der Waals surface area (Å²) in [5.74, 6) is 0.764. The second kappa shape index (κ2) is 6.52. The summed E-state index contributed by atoms with van der Waals surface area (Å²) in [7, 11) is 0. The van der Waals surface area contributed by atoms with Gasteiger partial charge in [0.05, 0.1) is 0 Å². The van der Waals surface area contributed by atoms with Gasteiger partial charge in [-0.25, -0.2) is 0 Å². The number of rotatable bonds is 4. The van der Waals surface area contributed by atoms with Crippen molar-refractivity contribution in [1.29, 1.82) is 0 Å². The number of hydrogen-bond acceptors (Lipinski definition) is 2. The number of halogens is 1. The maximum absolute atomic E-state index is 11.9. The molecule has 1 saturated carbocycles. The van der Waals surface area contributed by atoms with E-state index in [2.05, 4.69) is 34.6 Å². The summed E-state index contributed by atoms with van der Waals surface area (Å²) in [4.78, 5) is 26.3. The van der Waals surface area contributed by atoms with Crippen LogP contribution in [-0.4, -0.2) is 16.9 Å². The monoisotopic (exact) mass is 354 g/mol. The Labute approximate surface area is 150 Å². The zero-order valence-electron chi connectivity index (χ0n) is 13.7. The Morgan fingerprint density at radius 1 is 1.04 bits per heavy atom. The molecule has 0 spiro atoms. The van der Waals surface area contributed by atoms with E-state index in [4.69, 9.17) is 11.6 Å². The van der Waals surface area contributed by atoms with Crippen molar-refractivity contribution in [2.24, 2.45) is 0 Å². The predicted molar refractivity (Wildman–Crippen MR) is 98.7 cm³/mol. The third-order valence-electron chi connectivity index (χ3n) is 4.82.